The van der Waals surface area contributed by atoms with Gasteiger partial charge in [-0.05, 0) is 42.3 Å². The average Bonchev–Trinajstić information content (AvgIpc) is 2.99. The Kier molecular flexibility index (Phi) is 10.8. The third-order valence-electron chi connectivity index (χ3n) is 6.22. The van der Waals surface area contributed by atoms with E-state index in [1.807, 2.05) is 54.6 Å². The molecule has 3 aromatic carbocycles. The van der Waals surface area contributed by atoms with Gasteiger partial charge in [0.1, 0.15) is 12.3 Å². The molecule has 3 atom stereocenters. The Balaban J connectivity index is 1.49. The van der Waals surface area contributed by atoms with E-state index >= 15 is 0 Å². The van der Waals surface area contributed by atoms with Crippen LogP contribution >= 0.6 is 11.8 Å². The van der Waals surface area contributed by atoms with Crippen LogP contribution < -0.4 is 15.4 Å². The van der Waals surface area contributed by atoms with Crippen LogP contribution in [0.1, 0.15) is 42.4 Å². The van der Waals surface area contributed by atoms with E-state index in [-0.39, 0.29) is 32.0 Å². The van der Waals surface area contributed by atoms with Crippen molar-refractivity contribution in [3.63, 3.8) is 0 Å². The summed E-state index contributed by atoms with van der Waals surface area (Å²) in [5.74, 6) is 0.984. The minimum Gasteiger partial charge on any atom is -0.496 e. The number of methoxy groups -OCH3 is 1. The topological polar surface area (TPSA) is 115 Å². The van der Waals surface area contributed by atoms with Gasteiger partial charge in [-0.1, -0.05) is 48.5 Å². The van der Waals surface area contributed by atoms with Crippen molar-refractivity contribution in [2.75, 3.05) is 31.3 Å². The maximum Gasteiger partial charge on any atom is 0.325 e. The Morgan fingerprint density at radius 3 is 2.58 bits per heavy atom. The second-order valence-corrected chi connectivity index (χ2v) is 10.1. The van der Waals surface area contributed by atoms with Crippen LogP contribution in [0.3, 0.4) is 0 Å². The lowest BCUT2D eigenvalue weighted by Crippen LogP contribution is -2.34. The van der Waals surface area contributed by atoms with Gasteiger partial charge >= 0.3 is 12.0 Å². The number of aliphatic hydroxyl groups is 1. The van der Waals surface area contributed by atoms with Gasteiger partial charge in [0.25, 0.3) is 0 Å². The fraction of sp³-hybridized carbons (Fsp3) is 0.333. The molecule has 0 saturated carbocycles. The first-order valence-electron chi connectivity index (χ1n) is 13.1. The van der Waals surface area contributed by atoms with Crippen LogP contribution in [0.4, 0.5) is 10.5 Å². The number of nitrogens with one attached hydrogen (secondary N) is 2. The van der Waals surface area contributed by atoms with E-state index in [1.54, 1.807) is 44.0 Å². The number of carbonyl (C=O) groups is 2. The maximum absolute atomic E-state index is 12.3. The zero-order valence-electron chi connectivity index (χ0n) is 22.5. The number of hydrogen-bond acceptors (Lipinski definition) is 8. The summed E-state index contributed by atoms with van der Waals surface area (Å²) in [6, 6.07) is 22.3. The van der Waals surface area contributed by atoms with E-state index in [9.17, 15) is 14.7 Å². The maximum atomic E-state index is 12.3. The summed E-state index contributed by atoms with van der Waals surface area (Å²) < 4.78 is 23.2. The molecule has 3 N–H and O–H groups in total. The zero-order chi connectivity index (χ0) is 28.3. The molecule has 0 radical (unpaired) electrons. The summed E-state index contributed by atoms with van der Waals surface area (Å²) in [6.07, 6.45) is -0.408. The largest absolute Gasteiger partial charge is 0.496 e. The Hall–Kier alpha value is -3.57. The number of benzene rings is 3. The Morgan fingerprint density at radius 2 is 1.82 bits per heavy atom. The molecule has 1 aliphatic rings. The molecule has 1 aliphatic heterocycles. The number of hydrogen-bond donors (Lipinski definition) is 3. The molecule has 0 bridgehead atoms. The van der Waals surface area contributed by atoms with Gasteiger partial charge in [-0.3, -0.25) is 4.79 Å². The molecule has 4 rings (SSSR count). The summed E-state index contributed by atoms with van der Waals surface area (Å²) in [4.78, 5) is 24.9. The number of amides is 2. The number of rotatable bonds is 11. The van der Waals surface area contributed by atoms with Crippen molar-refractivity contribution >= 4 is 29.4 Å². The van der Waals surface area contributed by atoms with Crippen LogP contribution in [-0.4, -0.2) is 49.2 Å². The lowest BCUT2D eigenvalue weighted by Gasteiger charge is -2.36. The highest BCUT2D eigenvalue weighted by Crippen LogP contribution is 2.40. The fourth-order valence-electron chi connectivity index (χ4n) is 4.25. The van der Waals surface area contributed by atoms with Crippen molar-refractivity contribution in [3.8, 4) is 5.75 Å². The zero-order valence-corrected chi connectivity index (χ0v) is 23.3. The molecule has 1 fully saturated rings. The van der Waals surface area contributed by atoms with Crippen molar-refractivity contribution in [1.29, 1.82) is 0 Å². The Bertz CT molecular complexity index is 1270. The first-order chi connectivity index (χ1) is 19.5. The van der Waals surface area contributed by atoms with Gasteiger partial charge in [0.15, 0.2) is 6.29 Å². The van der Waals surface area contributed by atoms with Crippen molar-refractivity contribution in [1.82, 2.24) is 5.32 Å². The summed E-state index contributed by atoms with van der Waals surface area (Å²) in [5, 5.41) is 14.7. The first kappa shape index (κ1) is 29.4. The SMILES string of the molecule is CCOC(=O)CNC(=O)Nc1cccc([C@@H]2O[C@H](CSc3ccccc3OC)C[C@H](c3ccc(CO)cc3)O2)c1. The molecule has 40 heavy (non-hydrogen) atoms. The van der Waals surface area contributed by atoms with E-state index in [1.165, 1.54) is 0 Å². The highest BCUT2D eigenvalue weighted by atomic mass is 32.2. The molecular weight excluding hydrogens is 532 g/mol. The third-order valence-corrected chi connectivity index (χ3v) is 7.41. The van der Waals surface area contributed by atoms with Gasteiger partial charge in [0, 0.05) is 28.3 Å². The number of carbonyl (C=O) groups excluding carboxylic acids is 2. The number of esters is 1. The van der Waals surface area contributed by atoms with E-state index in [4.69, 9.17) is 18.9 Å². The predicted octanol–water partition coefficient (Wildman–Crippen LogP) is 5.21. The number of aliphatic hydroxyl groups excluding tert-OH is 1. The third kappa shape index (κ3) is 8.22. The fourth-order valence-corrected chi connectivity index (χ4v) is 5.29. The monoisotopic (exact) mass is 566 g/mol. The molecule has 10 heteroatoms. The number of thioether (sulfide) groups is 1. The summed E-state index contributed by atoms with van der Waals surface area (Å²) >= 11 is 1.66. The van der Waals surface area contributed by atoms with Crippen LogP contribution in [0.25, 0.3) is 0 Å². The molecule has 9 nitrogen and oxygen atoms in total. The van der Waals surface area contributed by atoms with Crippen molar-refractivity contribution in [2.24, 2.45) is 0 Å². The van der Waals surface area contributed by atoms with Crippen LogP contribution in [0.15, 0.2) is 77.7 Å². The molecular formula is C30H34N2O7S. The lowest BCUT2D eigenvalue weighted by atomic mass is 10.0. The van der Waals surface area contributed by atoms with E-state index in [0.717, 1.165) is 27.3 Å². The van der Waals surface area contributed by atoms with Gasteiger partial charge in [-0.2, -0.15) is 0 Å². The van der Waals surface area contributed by atoms with Crippen molar-refractivity contribution < 1.29 is 33.6 Å². The highest BCUT2D eigenvalue weighted by Gasteiger charge is 2.32. The molecule has 1 heterocycles. The standard InChI is InChI=1S/C30H34N2O7S/c1-3-37-28(34)17-31-30(35)32-23-8-6-7-22(15-23)29-38-24(19-40-27-10-5-4-9-25(27)36-2)16-26(39-29)21-13-11-20(18-33)12-14-21/h4-15,24,26,29,33H,3,16-19H2,1-2H3,(H2,31,32,35)/t24-,26+,29+/m0/s1. The molecule has 1 saturated heterocycles. The van der Waals surface area contributed by atoms with E-state index < -0.39 is 18.3 Å². The molecule has 0 aromatic heterocycles. The molecule has 3 aromatic rings. The Morgan fingerprint density at radius 1 is 1.02 bits per heavy atom. The number of urea groups is 1. The number of para-hydroxylation sites is 1. The van der Waals surface area contributed by atoms with Gasteiger partial charge in [-0.15, -0.1) is 11.8 Å². The normalized spacial score (nSPS) is 18.5. The second kappa shape index (κ2) is 14.7. The average molecular weight is 567 g/mol. The number of anilines is 1. The second-order valence-electron chi connectivity index (χ2n) is 9.05. The molecule has 0 spiro atoms. The van der Waals surface area contributed by atoms with Crippen molar-refractivity contribution in [2.45, 2.75) is 43.3 Å². The quantitative estimate of drug-likeness (QED) is 0.214. The molecule has 0 aliphatic carbocycles. The van der Waals surface area contributed by atoms with Crippen LogP contribution in [0.2, 0.25) is 0 Å². The van der Waals surface area contributed by atoms with E-state index in [2.05, 4.69) is 10.6 Å². The molecule has 2 amide bonds. The van der Waals surface area contributed by atoms with Crippen LogP contribution in [0, 0.1) is 0 Å². The van der Waals surface area contributed by atoms with Gasteiger partial charge in [0.05, 0.1) is 32.5 Å². The summed E-state index contributed by atoms with van der Waals surface area (Å²) in [7, 11) is 1.66. The van der Waals surface area contributed by atoms with Crippen LogP contribution in [0.5, 0.6) is 5.75 Å². The summed E-state index contributed by atoms with van der Waals surface area (Å²) in [6.45, 7) is 1.70. The minimum absolute atomic E-state index is 0.0249. The lowest BCUT2D eigenvalue weighted by molar-refractivity contribution is -0.245. The van der Waals surface area contributed by atoms with Gasteiger partial charge in [0.2, 0.25) is 0 Å². The molecule has 212 valence electrons. The minimum atomic E-state index is -0.677. The van der Waals surface area contributed by atoms with Gasteiger partial charge in [-0.25, -0.2) is 4.79 Å². The first-order valence-corrected chi connectivity index (χ1v) is 14.0. The van der Waals surface area contributed by atoms with Gasteiger partial charge < -0.3 is 34.7 Å². The Labute approximate surface area is 238 Å². The molecule has 0 unspecified atom stereocenters. The highest BCUT2D eigenvalue weighted by molar-refractivity contribution is 7.99. The van der Waals surface area contributed by atoms with E-state index in [0.29, 0.717) is 17.9 Å². The smallest absolute Gasteiger partial charge is 0.325 e. The summed E-state index contributed by atoms with van der Waals surface area (Å²) in [5.41, 5.74) is 3.09. The van der Waals surface area contributed by atoms with Crippen LogP contribution in [-0.2, 0) is 25.6 Å². The van der Waals surface area contributed by atoms with Crippen molar-refractivity contribution in [3.05, 3.63) is 89.5 Å². The number of ether oxygens (including phenoxy) is 4. The predicted molar refractivity (Wildman–Crippen MR) is 152 cm³/mol.